The molecule has 4 N–H and O–H groups in total. The normalized spacial score (nSPS) is 25.9. The van der Waals surface area contributed by atoms with Crippen molar-refractivity contribution in [3.8, 4) is 6.07 Å². The lowest BCUT2D eigenvalue weighted by molar-refractivity contribution is 0.00223. The molecule has 0 saturated heterocycles. The molecule has 1 heterocycles. The molecule has 0 spiro atoms. The fourth-order valence-corrected chi connectivity index (χ4v) is 2.76. The van der Waals surface area contributed by atoms with Crippen LogP contribution < -0.4 is 11.1 Å². The SMILES string of the molecule is CCC1CCC(O)(CNc2ncc(N)cc2C#N)CC1. The molecule has 0 aliphatic heterocycles. The van der Waals surface area contributed by atoms with E-state index in [4.69, 9.17) is 11.0 Å². The summed E-state index contributed by atoms with van der Waals surface area (Å²) >= 11 is 0. The van der Waals surface area contributed by atoms with Gasteiger partial charge in [0.1, 0.15) is 11.9 Å². The molecule has 0 unspecified atom stereocenters. The highest BCUT2D eigenvalue weighted by Gasteiger charge is 2.32. The second kappa shape index (κ2) is 6.10. The van der Waals surface area contributed by atoms with E-state index in [1.807, 2.05) is 0 Å². The van der Waals surface area contributed by atoms with E-state index < -0.39 is 5.60 Å². The monoisotopic (exact) mass is 274 g/mol. The van der Waals surface area contributed by atoms with Crippen molar-refractivity contribution in [1.29, 1.82) is 5.26 Å². The van der Waals surface area contributed by atoms with Crippen molar-refractivity contribution < 1.29 is 5.11 Å². The minimum atomic E-state index is -0.693. The number of nitrogens with zero attached hydrogens (tertiary/aromatic N) is 2. The first-order valence-electron chi connectivity index (χ1n) is 7.18. The summed E-state index contributed by atoms with van der Waals surface area (Å²) < 4.78 is 0. The lowest BCUT2D eigenvalue weighted by Crippen LogP contribution is -2.40. The average Bonchev–Trinajstić information content (AvgIpc) is 2.46. The molecule has 0 amide bonds. The summed E-state index contributed by atoms with van der Waals surface area (Å²) in [6.07, 6.45) is 6.43. The molecule has 1 fully saturated rings. The van der Waals surface area contributed by atoms with Gasteiger partial charge in [0.25, 0.3) is 0 Å². The van der Waals surface area contributed by atoms with Gasteiger partial charge in [-0.25, -0.2) is 4.98 Å². The van der Waals surface area contributed by atoms with Crippen LogP contribution in [0.2, 0.25) is 0 Å². The molecule has 2 rings (SSSR count). The van der Waals surface area contributed by atoms with E-state index in [1.54, 1.807) is 6.07 Å². The fraction of sp³-hybridized carbons (Fsp3) is 0.600. The van der Waals surface area contributed by atoms with Crippen LogP contribution in [-0.4, -0.2) is 22.2 Å². The Hall–Kier alpha value is -1.80. The summed E-state index contributed by atoms with van der Waals surface area (Å²) in [6, 6.07) is 3.66. The molecule has 1 aromatic heterocycles. The molecule has 0 bridgehead atoms. The van der Waals surface area contributed by atoms with E-state index in [1.165, 1.54) is 12.6 Å². The van der Waals surface area contributed by atoms with E-state index in [-0.39, 0.29) is 0 Å². The molecule has 1 aliphatic carbocycles. The summed E-state index contributed by atoms with van der Waals surface area (Å²) in [5.41, 5.74) is 5.79. The number of nitrogen functional groups attached to an aromatic ring is 1. The average molecular weight is 274 g/mol. The number of hydrogen-bond donors (Lipinski definition) is 3. The van der Waals surface area contributed by atoms with Crippen molar-refractivity contribution in [2.45, 2.75) is 44.6 Å². The van der Waals surface area contributed by atoms with Crippen LogP contribution in [0.1, 0.15) is 44.6 Å². The van der Waals surface area contributed by atoms with Crippen molar-refractivity contribution in [3.63, 3.8) is 0 Å². The Morgan fingerprint density at radius 2 is 2.25 bits per heavy atom. The van der Waals surface area contributed by atoms with Crippen molar-refractivity contribution >= 4 is 11.5 Å². The number of nitrogens with one attached hydrogen (secondary N) is 1. The Labute approximate surface area is 119 Å². The predicted octanol–water partition coefficient (Wildman–Crippen LogP) is 2.28. The molecule has 108 valence electrons. The molecule has 1 aromatic rings. The van der Waals surface area contributed by atoms with Gasteiger partial charge in [-0.1, -0.05) is 13.3 Å². The Bertz CT molecular complexity index is 501. The second-order valence-electron chi connectivity index (χ2n) is 5.71. The van der Waals surface area contributed by atoms with Crippen LogP contribution in [0.15, 0.2) is 12.3 Å². The first-order chi connectivity index (χ1) is 9.56. The van der Waals surface area contributed by atoms with Gasteiger partial charge < -0.3 is 16.2 Å². The van der Waals surface area contributed by atoms with E-state index >= 15 is 0 Å². The van der Waals surface area contributed by atoms with Gasteiger partial charge in [-0.05, 0) is 37.7 Å². The lowest BCUT2D eigenvalue weighted by Gasteiger charge is -2.36. The van der Waals surface area contributed by atoms with Gasteiger partial charge in [-0.15, -0.1) is 0 Å². The number of nitrogens with two attached hydrogens (primary N) is 1. The number of anilines is 2. The first kappa shape index (κ1) is 14.6. The third-order valence-electron chi connectivity index (χ3n) is 4.23. The minimum absolute atomic E-state index is 0.413. The fourth-order valence-electron chi connectivity index (χ4n) is 2.76. The second-order valence-corrected chi connectivity index (χ2v) is 5.71. The first-order valence-corrected chi connectivity index (χ1v) is 7.18. The van der Waals surface area contributed by atoms with E-state index in [9.17, 15) is 5.11 Å². The molecule has 20 heavy (non-hydrogen) atoms. The summed E-state index contributed by atoms with van der Waals surface area (Å²) in [5, 5.41) is 22.7. The number of aromatic nitrogens is 1. The van der Waals surface area contributed by atoms with Crippen molar-refractivity contribution in [2.75, 3.05) is 17.6 Å². The van der Waals surface area contributed by atoms with Gasteiger partial charge >= 0.3 is 0 Å². The lowest BCUT2D eigenvalue weighted by atomic mass is 9.78. The third-order valence-corrected chi connectivity index (χ3v) is 4.23. The van der Waals surface area contributed by atoms with Gasteiger partial charge in [0.05, 0.1) is 23.0 Å². The Morgan fingerprint density at radius 3 is 2.85 bits per heavy atom. The zero-order valence-electron chi connectivity index (χ0n) is 11.9. The molecule has 0 atom stereocenters. The molecule has 0 radical (unpaired) electrons. The van der Waals surface area contributed by atoms with Gasteiger partial charge in [0.2, 0.25) is 0 Å². The van der Waals surface area contributed by atoms with Gasteiger partial charge in [-0.2, -0.15) is 5.26 Å². The van der Waals surface area contributed by atoms with E-state index in [2.05, 4.69) is 23.3 Å². The highest BCUT2D eigenvalue weighted by atomic mass is 16.3. The summed E-state index contributed by atoms with van der Waals surface area (Å²) in [4.78, 5) is 4.13. The van der Waals surface area contributed by atoms with E-state index in [0.717, 1.165) is 31.6 Å². The number of aliphatic hydroxyl groups is 1. The highest BCUT2D eigenvalue weighted by Crippen LogP contribution is 2.33. The summed E-state index contributed by atoms with van der Waals surface area (Å²) in [7, 11) is 0. The Kier molecular flexibility index (Phi) is 4.46. The molecular formula is C15H22N4O. The standard InChI is InChI=1S/C15H22N4O/c1-2-11-3-5-15(20,6-4-11)10-19-14-12(8-16)7-13(17)9-18-14/h7,9,11,20H,2-6,10,17H2,1H3,(H,18,19). The summed E-state index contributed by atoms with van der Waals surface area (Å²) in [5.74, 6) is 1.23. The number of nitriles is 1. The zero-order chi connectivity index (χ0) is 14.6. The molecule has 1 saturated carbocycles. The van der Waals surface area contributed by atoms with Crippen LogP contribution >= 0.6 is 0 Å². The number of hydrogen-bond acceptors (Lipinski definition) is 5. The van der Waals surface area contributed by atoms with E-state index in [0.29, 0.717) is 23.6 Å². The minimum Gasteiger partial charge on any atom is -0.397 e. The maximum atomic E-state index is 10.6. The van der Waals surface area contributed by atoms with Gasteiger partial charge in [0.15, 0.2) is 0 Å². The van der Waals surface area contributed by atoms with Crippen molar-refractivity contribution in [2.24, 2.45) is 5.92 Å². The molecule has 1 aliphatic rings. The third kappa shape index (κ3) is 3.40. The molecule has 0 aromatic carbocycles. The maximum Gasteiger partial charge on any atom is 0.144 e. The van der Waals surface area contributed by atoms with Crippen LogP contribution in [-0.2, 0) is 0 Å². The largest absolute Gasteiger partial charge is 0.397 e. The van der Waals surface area contributed by atoms with Gasteiger partial charge in [0, 0.05) is 6.54 Å². The molecule has 5 heteroatoms. The predicted molar refractivity (Wildman–Crippen MR) is 79.1 cm³/mol. The van der Waals surface area contributed by atoms with Crippen LogP contribution in [0, 0.1) is 17.2 Å². The van der Waals surface area contributed by atoms with Crippen LogP contribution in [0.5, 0.6) is 0 Å². The highest BCUT2D eigenvalue weighted by molar-refractivity contribution is 5.57. The Morgan fingerprint density at radius 1 is 1.55 bits per heavy atom. The summed E-state index contributed by atoms with van der Waals surface area (Å²) in [6.45, 7) is 2.62. The quantitative estimate of drug-likeness (QED) is 0.783. The van der Waals surface area contributed by atoms with Crippen LogP contribution in [0.3, 0.4) is 0 Å². The molecular weight excluding hydrogens is 252 g/mol. The topological polar surface area (TPSA) is 95.0 Å². The van der Waals surface area contributed by atoms with Crippen LogP contribution in [0.25, 0.3) is 0 Å². The van der Waals surface area contributed by atoms with Crippen LogP contribution in [0.4, 0.5) is 11.5 Å². The van der Waals surface area contributed by atoms with Crippen molar-refractivity contribution in [3.05, 3.63) is 17.8 Å². The van der Waals surface area contributed by atoms with Gasteiger partial charge in [-0.3, -0.25) is 0 Å². The maximum absolute atomic E-state index is 10.6. The zero-order valence-corrected chi connectivity index (χ0v) is 11.9. The van der Waals surface area contributed by atoms with Crippen molar-refractivity contribution in [1.82, 2.24) is 4.98 Å². The molecule has 5 nitrogen and oxygen atoms in total. The Balaban J connectivity index is 1.97. The number of rotatable bonds is 4. The number of pyridine rings is 1. The smallest absolute Gasteiger partial charge is 0.144 e.